The molecule has 0 fully saturated rings. The molecule has 69 heavy (non-hydrogen) atoms. The molecule has 0 radical (unpaired) electrons. The Hall–Kier alpha value is -9.32. The number of hydrogen-bond acceptors (Lipinski definition) is 5. The Labute approximate surface area is 396 Å². The van der Waals surface area contributed by atoms with E-state index in [4.69, 9.17) is 23.2 Å². The van der Waals surface area contributed by atoms with E-state index in [1.54, 1.807) is 0 Å². The van der Waals surface area contributed by atoms with E-state index in [1.165, 1.54) is 0 Å². The summed E-state index contributed by atoms with van der Waals surface area (Å²) in [6, 6.07) is 80.4. The van der Waals surface area contributed by atoms with Crippen LogP contribution in [0.25, 0.3) is 144 Å². The monoisotopic (exact) mass is 882 g/mol. The minimum atomic E-state index is 0.672. The summed E-state index contributed by atoms with van der Waals surface area (Å²) in [6.45, 7) is 0. The van der Waals surface area contributed by atoms with E-state index in [-0.39, 0.29) is 0 Å². The highest BCUT2D eigenvalue weighted by atomic mass is 16.3. The van der Waals surface area contributed by atoms with Crippen LogP contribution in [-0.2, 0) is 0 Å². The van der Waals surface area contributed by atoms with Crippen molar-refractivity contribution in [2.75, 3.05) is 0 Å². The molecular weight excluding hydrogens is 845 g/mol. The minimum absolute atomic E-state index is 0.672. The largest absolute Gasteiger partial charge is 0.456 e. The van der Waals surface area contributed by atoms with Gasteiger partial charge in [0.2, 0.25) is 0 Å². The van der Waals surface area contributed by atoms with Gasteiger partial charge in [0.1, 0.15) is 33.5 Å². The lowest BCUT2D eigenvalue weighted by Crippen LogP contribution is -1.96. The molecule has 0 saturated carbocycles. The molecular formula is C64H38N2O3. The number of nitrogens with zero attached hydrogens (tertiary/aromatic N) is 2. The van der Waals surface area contributed by atoms with Crippen LogP contribution >= 0.6 is 0 Å². The van der Waals surface area contributed by atoms with Crippen molar-refractivity contribution in [3.8, 4) is 78.4 Å². The van der Waals surface area contributed by atoms with Crippen molar-refractivity contribution in [1.82, 2.24) is 9.97 Å². The molecule has 0 aliphatic rings. The van der Waals surface area contributed by atoms with Crippen LogP contribution in [0.1, 0.15) is 0 Å². The zero-order valence-corrected chi connectivity index (χ0v) is 37.1. The maximum atomic E-state index is 6.60. The van der Waals surface area contributed by atoms with Gasteiger partial charge in [-0.15, -0.1) is 0 Å². The standard InChI is InChI=1S/C64H38N2O3/c1-2-12-43(13-3-1)64-65-56(41-28-24-39(25-29-41)44-32-33-61-55(37-44)52-16-6-7-21-58(52)67-61)38-57(66-64)42-30-26-40(27-31-42)45-34-46(48-17-10-19-53-50-14-4-8-22-59(50)68-62(48)53)36-47(35-45)49-18-11-20-54-51-15-5-9-23-60(51)69-63(49)54/h1-38H. The highest BCUT2D eigenvalue weighted by Crippen LogP contribution is 2.43. The second kappa shape index (κ2) is 15.7. The highest BCUT2D eigenvalue weighted by Gasteiger charge is 2.19. The number of rotatable bonds is 7. The summed E-state index contributed by atoms with van der Waals surface area (Å²) in [7, 11) is 0. The maximum absolute atomic E-state index is 6.60. The average Bonchev–Trinajstić information content (AvgIpc) is 4.12. The second-order valence-corrected chi connectivity index (χ2v) is 17.7. The molecule has 0 saturated heterocycles. The van der Waals surface area contributed by atoms with Crippen LogP contribution in [0, 0.1) is 0 Å². The van der Waals surface area contributed by atoms with Crippen LogP contribution in [0.5, 0.6) is 0 Å². The van der Waals surface area contributed by atoms with Gasteiger partial charge in [-0.2, -0.15) is 0 Å². The Balaban J connectivity index is 0.869. The van der Waals surface area contributed by atoms with E-state index in [1.807, 2.05) is 54.6 Å². The molecule has 0 spiro atoms. The Bertz CT molecular complexity index is 4160. The first-order valence-corrected chi connectivity index (χ1v) is 23.2. The third-order valence-corrected chi connectivity index (χ3v) is 13.5. The van der Waals surface area contributed by atoms with Crippen molar-refractivity contribution >= 4 is 65.8 Å². The first-order valence-electron chi connectivity index (χ1n) is 23.2. The lowest BCUT2D eigenvalue weighted by atomic mass is 9.91. The molecule has 5 nitrogen and oxygen atoms in total. The molecule has 4 heterocycles. The lowest BCUT2D eigenvalue weighted by Gasteiger charge is -2.13. The van der Waals surface area contributed by atoms with Crippen LogP contribution in [0.2, 0.25) is 0 Å². The van der Waals surface area contributed by atoms with Crippen molar-refractivity contribution in [2.45, 2.75) is 0 Å². The summed E-state index contributed by atoms with van der Waals surface area (Å²) in [4.78, 5) is 10.3. The van der Waals surface area contributed by atoms with Gasteiger partial charge in [-0.05, 0) is 88.0 Å². The molecule has 0 N–H and O–H groups in total. The van der Waals surface area contributed by atoms with Gasteiger partial charge in [0.05, 0.1) is 11.4 Å². The van der Waals surface area contributed by atoms with Gasteiger partial charge in [-0.25, -0.2) is 9.97 Å². The van der Waals surface area contributed by atoms with E-state index in [0.29, 0.717) is 5.82 Å². The van der Waals surface area contributed by atoms with Gasteiger partial charge in [0.15, 0.2) is 5.82 Å². The van der Waals surface area contributed by atoms with Crippen molar-refractivity contribution in [1.29, 1.82) is 0 Å². The third kappa shape index (κ3) is 6.63. The summed E-state index contributed by atoms with van der Waals surface area (Å²) >= 11 is 0. The molecule has 0 aliphatic heterocycles. The highest BCUT2D eigenvalue weighted by molar-refractivity contribution is 6.12. The van der Waals surface area contributed by atoms with Crippen LogP contribution in [0.3, 0.4) is 0 Å². The first kappa shape index (κ1) is 38.9. The van der Waals surface area contributed by atoms with Gasteiger partial charge in [0, 0.05) is 60.1 Å². The predicted octanol–water partition coefficient (Wildman–Crippen LogP) is 17.8. The van der Waals surface area contributed by atoms with Gasteiger partial charge < -0.3 is 13.3 Å². The molecule has 0 aliphatic carbocycles. The molecule has 0 bridgehead atoms. The Morgan fingerprint density at radius 3 is 1.22 bits per heavy atom. The van der Waals surface area contributed by atoms with Gasteiger partial charge in [-0.1, -0.05) is 176 Å². The fourth-order valence-electron chi connectivity index (χ4n) is 10.1. The maximum Gasteiger partial charge on any atom is 0.160 e. The van der Waals surface area contributed by atoms with Crippen LogP contribution in [0.4, 0.5) is 0 Å². The molecule has 10 aromatic carbocycles. The zero-order chi connectivity index (χ0) is 45.4. The number of hydrogen-bond donors (Lipinski definition) is 0. The second-order valence-electron chi connectivity index (χ2n) is 17.7. The number of furan rings is 3. The fraction of sp³-hybridized carbons (Fsp3) is 0. The van der Waals surface area contributed by atoms with E-state index in [0.717, 1.165) is 138 Å². The fourth-order valence-corrected chi connectivity index (χ4v) is 10.1. The lowest BCUT2D eigenvalue weighted by molar-refractivity contribution is 0.669. The molecule has 5 heteroatoms. The van der Waals surface area contributed by atoms with Gasteiger partial charge in [0.25, 0.3) is 0 Å². The SMILES string of the molecule is c1ccc(-c2nc(-c3ccc(-c4cc(-c5cccc6c5oc5ccccc56)cc(-c5cccc6c5oc5ccccc56)c4)cc3)cc(-c3ccc(-c4ccc5oc6ccccc6c5c4)cc3)n2)cc1. The molecule has 0 amide bonds. The van der Waals surface area contributed by atoms with E-state index in [9.17, 15) is 0 Å². The molecule has 14 aromatic rings. The molecule has 0 atom stereocenters. The number of aromatic nitrogens is 2. The summed E-state index contributed by atoms with van der Waals surface area (Å²) in [5.41, 5.74) is 18.5. The third-order valence-electron chi connectivity index (χ3n) is 13.5. The summed E-state index contributed by atoms with van der Waals surface area (Å²) < 4.78 is 19.3. The molecule has 0 unspecified atom stereocenters. The van der Waals surface area contributed by atoms with Crippen LogP contribution in [0.15, 0.2) is 244 Å². The predicted molar refractivity (Wildman–Crippen MR) is 282 cm³/mol. The summed E-state index contributed by atoms with van der Waals surface area (Å²) in [5, 5.41) is 6.62. The van der Waals surface area contributed by atoms with Gasteiger partial charge in [-0.3, -0.25) is 0 Å². The molecule has 14 rings (SSSR count). The zero-order valence-electron chi connectivity index (χ0n) is 37.1. The van der Waals surface area contributed by atoms with Crippen molar-refractivity contribution in [3.05, 3.63) is 231 Å². The number of para-hydroxylation sites is 5. The normalized spacial score (nSPS) is 11.8. The van der Waals surface area contributed by atoms with Crippen LogP contribution < -0.4 is 0 Å². The summed E-state index contributed by atoms with van der Waals surface area (Å²) in [5.74, 6) is 0.672. The Morgan fingerprint density at radius 2 is 0.652 bits per heavy atom. The topological polar surface area (TPSA) is 65.2 Å². The first-order chi connectivity index (χ1) is 34.1. The van der Waals surface area contributed by atoms with E-state index < -0.39 is 0 Å². The Morgan fingerprint density at radius 1 is 0.232 bits per heavy atom. The summed E-state index contributed by atoms with van der Waals surface area (Å²) in [6.07, 6.45) is 0. The van der Waals surface area contributed by atoms with E-state index in [2.05, 4.69) is 176 Å². The minimum Gasteiger partial charge on any atom is -0.456 e. The Kier molecular flexibility index (Phi) is 8.83. The van der Waals surface area contributed by atoms with Crippen molar-refractivity contribution in [3.63, 3.8) is 0 Å². The van der Waals surface area contributed by atoms with E-state index >= 15 is 0 Å². The smallest absolute Gasteiger partial charge is 0.160 e. The average molecular weight is 883 g/mol. The number of benzene rings is 10. The molecule has 4 aromatic heterocycles. The van der Waals surface area contributed by atoms with Crippen molar-refractivity contribution < 1.29 is 13.3 Å². The quantitative estimate of drug-likeness (QED) is 0.160. The van der Waals surface area contributed by atoms with Crippen LogP contribution in [-0.4, -0.2) is 9.97 Å². The van der Waals surface area contributed by atoms with Gasteiger partial charge >= 0.3 is 0 Å². The number of fused-ring (bicyclic) bond motifs is 9. The van der Waals surface area contributed by atoms with Crippen molar-refractivity contribution in [2.24, 2.45) is 0 Å². The molecule has 322 valence electrons.